The van der Waals surface area contributed by atoms with E-state index in [1.807, 2.05) is 48.5 Å². The van der Waals surface area contributed by atoms with Crippen LogP contribution in [0.3, 0.4) is 0 Å². The summed E-state index contributed by atoms with van der Waals surface area (Å²) < 4.78 is 0. The molecule has 1 aliphatic heterocycles. The second kappa shape index (κ2) is 3.91. The Balaban J connectivity index is 2.22. The lowest BCUT2D eigenvalue weighted by Gasteiger charge is -2.11. The number of benzene rings is 2. The van der Waals surface area contributed by atoms with E-state index in [0.29, 0.717) is 5.56 Å². The van der Waals surface area contributed by atoms with Gasteiger partial charge in [-0.25, -0.2) is 0 Å². The largest absolute Gasteiger partial charge is 0.354 e. The Kier molecular flexibility index (Phi) is 2.26. The summed E-state index contributed by atoms with van der Waals surface area (Å²) in [5.41, 5.74) is 4.75. The average molecular weight is 221 g/mol. The lowest BCUT2D eigenvalue weighted by molar-refractivity contribution is 0.112. The van der Waals surface area contributed by atoms with E-state index in [4.69, 9.17) is 0 Å². The number of carbonyl (C=O) groups excluding carboxylic acids is 1. The zero-order valence-corrected chi connectivity index (χ0v) is 9.18. The summed E-state index contributed by atoms with van der Waals surface area (Å²) in [5, 5.41) is 3.33. The van der Waals surface area contributed by atoms with Crippen molar-refractivity contribution in [3.05, 3.63) is 59.2 Å². The Labute approximate surface area is 99.6 Å². The van der Waals surface area contributed by atoms with Gasteiger partial charge in [-0.2, -0.15) is 0 Å². The molecule has 17 heavy (non-hydrogen) atoms. The van der Waals surface area contributed by atoms with Gasteiger partial charge in [0.1, 0.15) is 0 Å². The first-order valence-corrected chi connectivity index (χ1v) is 5.51. The first-order chi connectivity index (χ1) is 8.38. The van der Waals surface area contributed by atoms with Gasteiger partial charge in [-0.3, -0.25) is 4.79 Å². The van der Waals surface area contributed by atoms with Gasteiger partial charge in [0.2, 0.25) is 0 Å². The Morgan fingerprint density at radius 1 is 0.882 bits per heavy atom. The molecule has 0 bridgehead atoms. The van der Waals surface area contributed by atoms with Crippen molar-refractivity contribution in [3.8, 4) is 0 Å². The van der Waals surface area contributed by atoms with E-state index in [1.165, 1.54) is 0 Å². The molecule has 2 aromatic rings. The fraction of sp³-hybridized carbons (Fsp3) is 0. The minimum atomic E-state index is 0.684. The second-order valence-corrected chi connectivity index (χ2v) is 3.97. The van der Waals surface area contributed by atoms with Crippen LogP contribution in [0.25, 0.3) is 12.2 Å². The molecule has 0 saturated heterocycles. The van der Waals surface area contributed by atoms with Gasteiger partial charge in [0.15, 0.2) is 6.29 Å². The molecular weight excluding hydrogens is 210 g/mol. The van der Waals surface area contributed by atoms with E-state index in [9.17, 15) is 4.79 Å². The molecule has 1 aliphatic rings. The molecule has 0 atom stereocenters. The molecule has 0 aromatic heterocycles. The van der Waals surface area contributed by atoms with E-state index in [0.717, 1.165) is 28.8 Å². The number of fused-ring (bicyclic) bond motifs is 2. The standard InChI is InChI=1S/C15H11NO/c17-10-13-6-3-5-12-9-8-11-4-1-2-7-14(11)16-15(12)13/h1-10,16H. The minimum Gasteiger partial charge on any atom is -0.354 e. The summed E-state index contributed by atoms with van der Waals surface area (Å²) in [5.74, 6) is 0. The summed E-state index contributed by atoms with van der Waals surface area (Å²) in [6.45, 7) is 0. The third-order valence-electron chi connectivity index (χ3n) is 2.92. The summed E-state index contributed by atoms with van der Waals surface area (Å²) in [4.78, 5) is 11.0. The zero-order chi connectivity index (χ0) is 11.7. The SMILES string of the molecule is O=Cc1cccc2c1Nc1ccccc1C=C2. The maximum absolute atomic E-state index is 11.0. The molecule has 2 aromatic carbocycles. The molecule has 0 unspecified atom stereocenters. The Morgan fingerprint density at radius 3 is 2.53 bits per heavy atom. The van der Waals surface area contributed by atoms with Gasteiger partial charge in [-0.05, 0) is 23.3 Å². The Morgan fingerprint density at radius 2 is 1.65 bits per heavy atom. The van der Waals surface area contributed by atoms with Crippen molar-refractivity contribution in [1.82, 2.24) is 0 Å². The first kappa shape index (κ1) is 9.85. The van der Waals surface area contributed by atoms with Crippen molar-refractivity contribution in [2.75, 3.05) is 5.32 Å². The third kappa shape index (κ3) is 1.64. The van der Waals surface area contributed by atoms with Crippen LogP contribution in [0.4, 0.5) is 11.4 Å². The lowest BCUT2D eigenvalue weighted by Crippen LogP contribution is -1.97. The van der Waals surface area contributed by atoms with Crippen molar-refractivity contribution in [2.45, 2.75) is 0 Å². The van der Waals surface area contributed by atoms with Gasteiger partial charge in [0, 0.05) is 11.3 Å². The smallest absolute Gasteiger partial charge is 0.152 e. The number of nitrogens with one attached hydrogen (secondary N) is 1. The predicted molar refractivity (Wildman–Crippen MR) is 70.5 cm³/mol. The maximum atomic E-state index is 11.0. The van der Waals surface area contributed by atoms with Crippen LogP contribution in [-0.4, -0.2) is 6.29 Å². The van der Waals surface area contributed by atoms with Crippen LogP contribution in [0, 0.1) is 0 Å². The van der Waals surface area contributed by atoms with Crippen molar-refractivity contribution in [1.29, 1.82) is 0 Å². The lowest BCUT2D eigenvalue weighted by atomic mass is 10.1. The van der Waals surface area contributed by atoms with Crippen LogP contribution in [-0.2, 0) is 0 Å². The quantitative estimate of drug-likeness (QED) is 0.634. The van der Waals surface area contributed by atoms with Crippen LogP contribution in [0.15, 0.2) is 42.5 Å². The van der Waals surface area contributed by atoms with Crippen LogP contribution in [0.1, 0.15) is 21.5 Å². The van der Waals surface area contributed by atoms with Gasteiger partial charge in [0.05, 0.1) is 5.69 Å². The molecule has 1 N–H and O–H groups in total. The van der Waals surface area contributed by atoms with E-state index < -0.39 is 0 Å². The number of aldehydes is 1. The van der Waals surface area contributed by atoms with Crippen molar-refractivity contribution < 1.29 is 4.79 Å². The van der Waals surface area contributed by atoms with Crippen molar-refractivity contribution >= 4 is 29.8 Å². The average Bonchev–Trinajstić information content (AvgIpc) is 2.57. The van der Waals surface area contributed by atoms with Crippen LogP contribution in [0.5, 0.6) is 0 Å². The molecule has 0 saturated carbocycles. The highest BCUT2D eigenvalue weighted by molar-refractivity contribution is 5.95. The molecule has 2 nitrogen and oxygen atoms in total. The monoisotopic (exact) mass is 221 g/mol. The highest BCUT2D eigenvalue weighted by Gasteiger charge is 2.10. The molecule has 1 heterocycles. The van der Waals surface area contributed by atoms with Crippen LogP contribution >= 0.6 is 0 Å². The fourth-order valence-corrected chi connectivity index (χ4v) is 2.04. The second-order valence-electron chi connectivity index (χ2n) is 3.97. The van der Waals surface area contributed by atoms with Gasteiger partial charge in [-0.1, -0.05) is 42.5 Å². The first-order valence-electron chi connectivity index (χ1n) is 5.51. The Bertz CT molecular complexity index is 614. The van der Waals surface area contributed by atoms with Crippen LogP contribution < -0.4 is 5.32 Å². The fourth-order valence-electron chi connectivity index (χ4n) is 2.04. The molecule has 0 radical (unpaired) electrons. The molecule has 82 valence electrons. The summed E-state index contributed by atoms with van der Waals surface area (Å²) in [7, 11) is 0. The van der Waals surface area contributed by atoms with Crippen molar-refractivity contribution in [2.24, 2.45) is 0 Å². The van der Waals surface area contributed by atoms with E-state index in [2.05, 4.69) is 11.4 Å². The number of rotatable bonds is 1. The molecular formula is C15H11NO. The number of para-hydroxylation sites is 2. The molecule has 0 fully saturated rings. The zero-order valence-electron chi connectivity index (χ0n) is 9.18. The van der Waals surface area contributed by atoms with Gasteiger partial charge < -0.3 is 5.32 Å². The molecule has 0 spiro atoms. The van der Waals surface area contributed by atoms with Gasteiger partial charge >= 0.3 is 0 Å². The molecule has 0 amide bonds. The normalized spacial score (nSPS) is 12.0. The van der Waals surface area contributed by atoms with E-state index in [1.54, 1.807) is 0 Å². The number of anilines is 2. The number of carbonyl (C=O) groups is 1. The Hall–Kier alpha value is -2.35. The van der Waals surface area contributed by atoms with E-state index in [-0.39, 0.29) is 0 Å². The summed E-state index contributed by atoms with van der Waals surface area (Å²) in [6, 6.07) is 13.8. The highest BCUT2D eigenvalue weighted by Crippen LogP contribution is 2.31. The third-order valence-corrected chi connectivity index (χ3v) is 2.92. The molecule has 3 rings (SSSR count). The summed E-state index contributed by atoms with van der Waals surface area (Å²) >= 11 is 0. The summed E-state index contributed by atoms with van der Waals surface area (Å²) in [6.07, 6.45) is 4.97. The highest BCUT2D eigenvalue weighted by atomic mass is 16.1. The number of hydrogen-bond acceptors (Lipinski definition) is 2. The van der Waals surface area contributed by atoms with Gasteiger partial charge in [-0.15, -0.1) is 0 Å². The van der Waals surface area contributed by atoms with Crippen LogP contribution in [0.2, 0.25) is 0 Å². The molecule has 2 heteroatoms. The van der Waals surface area contributed by atoms with Gasteiger partial charge in [0.25, 0.3) is 0 Å². The van der Waals surface area contributed by atoms with Crippen molar-refractivity contribution in [3.63, 3.8) is 0 Å². The predicted octanol–water partition coefficient (Wildman–Crippen LogP) is 3.73. The molecule has 0 aliphatic carbocycles. The number of hydrogen-bond donors (Lipinski definition) is 1. The van der Waals surface area contributed by atoms with E-state index >= 15 is 0 Å². The minimum absolute atomic E-state index is 0.684. The topological polar surface area (TPSA) is 29.1 Å². The maximum Gasteiger partial charge on any atom is 0.152 e.